The van der Waals surface area contributed by atoms with Gasteiger partial charge in [-0.1, -0.05) is 0 Å². The Morgan fingerprint density at radius 1 is 1.71 bits per heavy atom. The van der Waals surface area contributed by atoms with Crippen molar-refractivity contribution in [2.75, 3.05) is 13.7 Å². The Labute approximate surface area is 101 Å². The summed E-state index contributed by atoms with van der Waals surface area (Å²) in [5.74, 6) is 0.549. The van der Waals surface area contributed by atoms with E-state index in [4.69, 9.17) is 9.47 Å². The Balaban J connectivity index is 2.32. The van der Waals surface area contributed by atoms with E-state index in [0.717, 1.165) is 6.42 Å². The molecule has 2 atom stereocenters. The molecule has 5 nitrogen and oxygen atoms in total. The summed E-state index contributed by atoms with van der Waals surface area (Å²) in [6.07, 6.45) is 2.35. The Kier molecular flexibility index (Phi) is 3.47. The maximum absolute atomic E-state index is 12.5. The third-order valence-corrected chi connectivity index (χ3v) is 3.27. The summed E-state index contributed by atoms with van der Waals surface area (Å²) in [7, 11) is 1.56. The molecule has 0 radical (unpaired) electrons. The summed E-state index contributed by atoms with van der Waals surface area (Å²) >= 11 is 0. The molecule has 1 aliphatic heterocycles. The van der Waals surface area contributed by atoms with Crippen LogP contribution in [-0.4, -0.2) is 35.4 Å². The lowest BCUT2D eigenvalue weighted by Crippen LogP contribution is -2.24. The second-order valence-electron chi connectivity index (χ2n) is 4.21. The Morgan fingerprint density at radius 3 is 3.00 bits per heavy atom. The van der Waals surface area contributed by atoms with E-state index in [1.54, 1.807) is 18.0 Å². The number of nitrogens with zero attached hydrogens (tertiary/aromatic N) is 2. The number of Topliss-reactive ketones (excluding diaryl/α,β-unsaturated/α-hetero) is 1. The molecule has 17 heavy (non-hydrogen) atoms. The molecular formula is C12H18N2O3. The molecule has 0 saturated carbocycles. The van der Waals surface area contributed by atoms with Crippen LogP contribution in [0.15, 0.2) is 6.20 Å². The molecule has 0 spiro atoms. The fourth-order valence-corrected chi connectivity index (χ4v) is 2.26. The predicted molar refractivity (Wildman–Crippen MR) is 62.3 cm³/mol. The van der Waals surface area contributed by atoms with Gasteiger partial charge in [0, 0.05) is 13.2 Å². The number of hydrogen-bond acceptors (Lipinski definition) is 4. The van der Waals surface area contributed by atoms with Crippen molar-refractivity contribution in [1.29, 1.82) is 0 Å². The quantitative estimate of drug-likeness (QED) is 0.746. The van der Waals surface area contributed by atoms with Crippen LogP contribution in [0.2, 0.25) is 0 Å². The number of ketones is 1. The third kappa shape index (κ3) is 2.07. The topological polar surface area (TPSA) is 53.4 Å². The van der Waals surface area contributed by atoms with Crippen molar-refractivity contribution in [1.82, 2.24) is 9.78 Å². The first kappa shape index (κ1) is 12.1. The van der Waals surface area contributed by atoms with Gasteiger partial charge in [-0.05, 0) is 20.3 Å². The number of carbonyl (C=O) groups excluding carboxylic acids is 1. The zero-order chi connectivity index (χ0) is 12.4. The minimum atomic E-state index is -0.0779. The van der Waals surface area contributed by atoms with E-state index in [-0.39, 0.29) is 17.8 Å². The number of aryl methyl sites for hydroxylation is 1. The van der Waals surface area contributed by atoms with E-state index in [1.807, 2.05) is 13.8 Å². The number of hydrogen-bond donors (Lipinski definition) is 0. The smallest absolute Gasteiger partial charge is 0.190 e. The van der Waals surface area contributed by atoms with Crippen LogP contribution in [0.5, 0.6) is 5.75 Å². The van der Waals surface area contributed by atoms with Gasteiger partial charge in [-0.3, -0.25) is 9.48 Å². The molecule has 1 aromatic rings. The van der Waals surface area contributed by atoms with Gasteiger partial charge in [-0.15, -0.1) is 0 Å². The van der Waals surface area contributed by atoms with Crippen LogP contribution in [0.1, 0.15) is 30.8 Å². The summed E-state index contributed by atoms with van der Waals surface area (Å²) in [6, 6.07) is 0. The number of aromatic nitrogens is 2. The number of ether oxygens (including phenoxy) is 2. The molecule has 1 aromatic heterocycles. The van der Waals surface area contributed by atoms with E-state index in [1.165, 1.54) is 0 Å². The summed E-state index contributed by atoms with van der Waals surface area (Å²) in [5, 5.41) is 4.15. The molecule has 0 amide bonds. The van der Waals surface area contributed by atoms with Crippen molar-refractivity contribution in [2.45, 2.75) is 32.9 Å². The molecule has 0 N–H and O–H groups in total. The lowest BCUT2D eigenvalue weighted by Gasteiger charge is -2.14. The van der Waals surface area contributed by atoms with Crippen molar-refractivity contribution in [3.05, 3.63) is 11.9 Å². The van der Waals surface area contributed by atoms with Gasteiger partial charge in [0.05, 0.1) is 25.3 Å². The number of methoxy groups -OCH3 is 1. The Morgan fingerprint density at radius 2 is 2.47 bits per heavy atom. The summed E-state index contributed by atoms with van der Waals surface area (Å²) in [5.41, 5.74) is 0.567. The summed E-state index contributed by atoms with van der Waals surface area (Å²) < 4.78 is 12.3. The molecule has 2 rings (SSSR count). The van der Waals surface area contributed by atoms with Gasteiger partial charge >= 0.3 is 0 Å². The zero-order valence-electron chi connectivity index (χ0n) is 10.5. The molecule has 0 bridgehead atoms. The highest BCUT2D eigenvalue weighted by molar-refractivity contribution is 5.99. The molecule has 94 valence electrons. The molecule has 1 aliphatic rings. The van der Waals surface area contributed by atoms with Gasteiger partial charge in [-0.25, -0.2) is 0 Å². The SMILES string of the molecule is CCn1ncc(OC)c1C(=O)C1CCOC1C. The standard InChI is InChI=1S/C12H18N2O3/c1-4-14-11(10(16-3)7-13-14)12(15)9-5-6-17-8(9)2/h7-9H,4-6H2,1-3H3. The van der Waals surface area contributed by atoms with Gasteiger partial charge in [0.15, 0.2) is 11.5 Å². The first-order chi connectivity index (χ1) is 8.19. The van der Waals surface area contributed by atoms with Crippen LogP contribution in [0.4, 0.5) is 0 Å². The van der Waals surface area contributed by atoms with Gasteiger partial charge in [0.25, 0.3) is 0 Å². The van der Waals surface area contributed by atoms with Crippen molar-refractivity contribution >= 4 is 5.78 Å². The maximum atomic E-state index is 12.5. The van der Waals surface area contributed by atoms with E-state index in [9.17, 15) is 4.79 Å². The molecule has 2 heterocycles. The highest BCUT2D eigenvalue weighted by Gasteiger charge is 2.34. The first-order valence-electron chi connectivity index (χ1n) is 5.94. The zero-order valence-corrected chi connectivity index (χ0v) is 10.5. The second-order valence-corrected chi connectivity index (χ2v) is 4.21. The third-order valence-electron chi connectivity index (χ3n) is 3.27. The molecular weight excluding hydrogens is 220 g/mol. The molecule has 0 aliphatic carbocycles. The first-order valence-corrected chi connectivity index (χ1v) is 5.94. The summed E-state index contributed by atoms with van der Waals surface area (Å²) in [6.45, 7) is 5.21. The monoisotopic (exact) mass is 238 g/mol. The van der Waals surface area contributed by atoms with Crippen LogP contribution in [-0.2, 0) is 11.3 Å². The summed E-state index contributed by atoms with van der Waals surface area (Å²) in [4.78, 5) is 12.5. The van der Waals surface area contributed by atoms with Gasteiger partial charge in [-0.2, -0.15) is 5.10 Å². The number of rotatable bonds is 4. The second kappa shape index (κ2) is 4.87. The molecule has 5 heteroatoms. The minimum absolute atomic E-state index is 0.0209. The lowest BCUT2D eigenvalue weighted by atomic mass is 9.95. The molecule has 0 aromatic carbocycles. The van der Waals surface area contributed by atoms with Crippen LogP contribution in [0.3, 0.4) is 0 Å². The van der Waals surface area contributed by atoms with Crippen LogP contribution >= 0.6 is 0 Å². The van der Waals surface area contributed by atoms with Gasteiger partial charge < -0.3 is 9.47 Å². The van der Waals surface area contributed by atoms with Crippen molar-refractivity contribution in [2.24, 2.45) is 5.92 Å². The normalized spacial score (nSPS) is 23.9. The average Bonchev–Trinajstić information content (AvgIpc) is 2.93. The van der Waals surface area contributed by atoms with Crippen LogP contribution in [0, 0.1) is 5.92 Å². The Hall–Kier alpha value is -1.36. The predicted octanol–water partition coefficient (Wildman–Crippen LogP) is 1.52. The molecule has 1 fully saturated rings. The van der Waals surface area contributed by atoms with Crippen LogP contribution < -0.4 is 4.74 Å². The average molecular weight is 238 g/mol. The number of carbonyl (C=O) groups is 1. The lowest BCUT2D eigenvalue weighted by molar-refractivity contribution is 0.0752. The van der Waals surface area contributed by atoms with Crippen molar-refractivity contribution in [3.63, 3.8) is 0 Å². The molecule has 2 unspecified atom stereocenters. The van der Waals surface area contributed by atoms with Gasteiger partial charge in [0.1, 0.15) is 5.69 Å². The highest BCUT2D eigenvalue weighted by atomic mass is 16.5. The maximum Gasteiger partial charge on any atom is 0.190 e. The fourth-order valence-electron chi connectivity index (χ4n) is 2.26. The van der Waals surface area contributed by atoms with E-state index < -0.39 is 0 Å². The highest BCUT2D eigenvalue weighted by Crippen LogP contribution is 2.28. The van der Waals surface area contributed by atoms with Crippen molar-refractivity contribution < 1.29 is 14.3 Å². The van der Waals surface area contributed by atoms with E-state index >= 15 is 0 Å². The van der Waals surface area contributed by atoms with E-state index in [2.05, 4.69) is 5.10 Å². The van der Waals surface area contributed by atoms with Crippen LogP contribution in [0.25, 0.3) is 0 Å². The van der Waals surface area contributed by atoms with Crippen molar-refractivity contribution in [3.8, 4) is 5.75 Å². The van der Waals surface area contributed by atoms with Gasteiger partial charge in [0.2, 0.25) is 0 Å². The Bertz CT molecular complexity index is 392. The molecule has 1 saturated heterocycles. The minimum Gasteiger partial charge on any atom is -0.493 e. The fraction of sp³-hybridized carbons (Fsp3) is 0.667. The van der Waals surface area contributed by atoms with E-state index in [0.29, 0.717) is 24.6 Å². The largest absolute Gasteiger partial charge is 0.493 e.